The molecule has 2 fully saturated rings. The van der Waals surface area contributed by atoms with Gasteiger partial charge in [-0.2, -0.15) is 0 Å². The Morgan fingerprint density at radius 1 is 0.696 bits per heavy atom. The maximum atomic E-state index is 12.7. The van der Waals surface area contributed by atoms with Crippen molar-refractivity contribution in [1.82, 2.24) is 0 Å². The standard InChI is InChI=1S/C12H21FO10/c13-1-3-5(14)8(17)10(19)12(23-3)21-2-4-6(15)7(16)9(18)11(20)22-4/h3-12,14-20H,1-2H2. The predicted molar refractivity (Wildman–Crippen MR) is 67.5 cm³/mol. The second kappa shape index (κ2) is 7.61. The van der Waals surface area contributed by atoms with Crippen LogP contribution in [0.4, 0.5) is 4.39 Å². The first-order chi connectivity index (χ1) is 10.8. The molecule has 2 aliphatic rings. The third-order valence-electron chi connectivity index (χ3n) is 3.93. The molecule has 10 unspecified atom stereocenters. The van der Waals surface area contributed by atoms with Gasteiger partial charge in [-0.1, -0.05) is 0 Å². The Hall–Kier alpha value is -0.470. The Morgan fingerprint density at radius 2 is 1.26 bits per heavy atom. The Kier molecular flexibility index (Phi) is 6.24. The minimum Gasteiger partial charge on any atom is -0.387 e. The number of ether oxygens (including phenoxy) is 3. The van der Waals surface area contributed by atoms with Crippen molar-refractivity contribution in [2.45, 2.75) is 61.4 Å². The Labute approximate surface area is 130 Å². The van der Waals surface area contributed by atoms with E-state index < -0.39 is 74.7 Å². The van der Waals surface area contributed by atoms with Crippen molar-refractivity contribution >= 4 is 0 Å². The average molecular weight is 344 g/mol. The normalized spacial score (nSPS) is 51.7. The maximum absolute atomic E-state index is 12.7. The molecule has 0 aromatic rings. The van der Waals surface area contributed by atoms with Crippen LogP contribution in [0.25, 0.3) is 0 Å². The van der Waals surface area contributed by atoms with Gasteiger partial charge in [-0.3, -0.25) is 0 Å². The number of hydrogen-bond acceptors (Lipinski definition) is 10. The van der Waals surface area contributed by atoms with Gasteiger partial charge < -0.3 is 50.0 Å². The van der Waals surface area contributed by atoms with Crippen LogP contribution in [0, 0.1) is 0 Å². The SMILES string of the molecule is OC1OC(COC2OC(CF)C(O)C(O)C2O)C(O)C(O)C1O. The topological polar surface area (TPSA) is 169 Å². The van der Waals surface area contributed by atoms with Crippen molar-refractivity contribution in [3.63, 3.8) is 0 Å². The van der Waals surface area contributed by atoms with Gasteiger partial charge in [0.2, 0.25) is 0 Å². The van der Waals surface area contributed by atoms with Crippen LogP contribution in [0.15, 0.2) is 0 Å². The van der Waals surface area contributed by atoms with Gasteiger partial charge in [0.1, 0.15) is 55.5 Å². The third-order valence-corrected chi connectivity index (χ3v) is 3.93. The maximum Gasteiger partial charge on any atom is 0.186 e. The van der Waals surface area contributed by atoms with Crippen molar-refractivity contribution in [2.24, 2.45) is 0 Å². The first-order valence-corrected chi connectivity index (χ1v) is 7.03. The molecule has 2 heterocycles. The van der Waals surface area contributed by atoms with E-state index in [1.165, 1.54) is 0 Å². The summed E-state index contributed by atoms with van der Waals surface area (Å²) < 4.78 is 27.6. The van der Waals surface area contributed by atoms with Crippen LogP contribution in [-0.4, -0.2) is 110 Å². The Bertz CT molecular complexity index is 385. The second-order valence-electron chi connectivity index (χ2n) is 5.54. The summed E-state index contributed by atoms with van der Waals surface area (Å²) >= 11 is 0. The number of rotatable bonds is 4. The van der Waals surface area contributed by atoms with Gasteiger partial charge >= 0.3 is 0 Å². The van der Waals surface area contributed by atoms with E-state index in [9.17, 15) is 40.1 Å². The molecule has 2 saturated heterocycles. The second-order valence-corrected chi connectivity index (χ2v) is 5.54. The molecule has 0 saturated carbocycles. The van der Waals surface area contributed by atoms with Crippen molar-refractivity contribution in [1.29, 1.82) is 0 Å². The molecule has 0 aromatic heterocycles. The lowest BCUT2D eigenvalue weighted by atomic mass is 9.98. The smallest absolute Gasteiger partial charge is 0.186 e. The predicted octanol–water partition coefficient (Wildman–Crippen LogP) is -4.42. The highest BCUT2D eigenvalue weighted by molar-refractivity contribution is 4.91. The van der Waals surface area contributed by atoms with E-state index in [4.69, 9.17) is 14.2 Å². The Morgan fingerprint density at radius 3 is 1.87 bits per heavy atom. The van der Waals surface area contributed by atoms with Crippen LogP contribution < -0.4 is 0 Å². The van der Waals surface area contributed by atoms with E-state index >= 15 is 0 Å². The van der Waals surface area contributed by atoms with E-state index in [0.29, 0.717) is 0 Å². The van der Waals surface area contributed by atoms with Gasteiger partial charge in [0.15, 0.2) is 12.6 Å². The minimum atomic E-state index is -1.76. The zero-order valence-corrected chi connectivity index (χ0v) is 11.9. The largest absolute Gasteiger partial charge is 0.387 e. The molecule has 0 radical (unpaired) electrons. The van der Waals surface area contributed by atoms with Gasteiger partial charge in [-0.15, -0.1) is 0 Å². The first-order valence-electron chi connectivity index (χ1n) is 7.03. The van der Waals surface area contributed by atoms with E-state index in [1.807, 2.05) is 0 Å². The monoisotopic (exact) mass is 344 g/mol. The summed E-state index contributed by atoms with van der Waals surface area (Å²) in [6.45, 7) is -1.64. The van der Waals surface area contributed by atoms with E-state index in [2.05, 4.69) is 0 Å². The van der Waals surface area contributed by atoms with Crippen LogP contribution in [0.2, 0.25) is 0 Å². The van der Waals surface area contributed by atoms with Gasteiger partial charge in [0.05, 0.1) is 6.61 Å². The molecular weight excluding hydrogens is 323 g/mol. The summed E-state index contributed by atoms with van der Waals surface area (Å²) in [5.74, 6) is 0. The number of aliphatic hydroxyl groups is 7. The summed E-state index contributed by atoms with van der Waals surface area (Å²) in [6.07, 6.45) is -16.0. The molecule has 10 nitrogen and oxygen atoms in total. The highest BCUT2D eigenvalue weighted by Gasteiger charge is 2.46. The fourth-order valence-corrected chi connectivity index (χ4v) is 2.44. The molecule has 2 rings (SSSR count). The average Bonchev–Trinajstić information content (AvgIpc) is 2.54. The fraction of sp³-hybridized carbons (Fsp3) is 1.00. The molecule has 10 atom stereocenters. The van der Waals surface area contributed by atoms with Crippen molar-refractivity contribution < 1.29 is 54.3 Å². The zero-order chi connectivity index (χ0) is 17.3. The molecule has 0 amide bonds. The molecule has 136 valence electrons. The van der Waals surface area contributed by atoms with Gasteiger partial charge in [0, 0.05) is 0 Å². The number of aliphatic hydroxyl groups excluding tert-OH is 7. The summed E-state index contributed by atoms with van der Waals surface area (Å²) in [6, 6.07) is 0. The lowest BCUT2D eigenvalue weighted by Crippen LogP contribution is -2.61. The van der Waals surface area contributed by atoms with Crippen molar-refractivity contribution in [3.8, 4) is 0 Å². The summed E-state index contributed by atoms with van der Waals surface area (Å²) in [5, 5.41) is 66.8. The van der Waals surface area contributed by atoms with E-state index in [1.54, 1.807) is 0 Å². The minimum absolute atomic E-state index is 0.508. The molecule has 0 aliphatic carbocycles. The summed E-state index contributed by atoms with van der Waals surface area (Å²) in [7, 11) is 0. The van der Waals surface area contributed by atoms with Crippen LogP contribution in [0.5, 0.6) is 0 Å². The lowest BCUT2D eigenvalue weighted by molar-refractivity contribution is -0.324. The number of alkyl halides is 1. The number of halogens is 1. The molecule has 23 heavy (non-hydrogen) atoms. The third kappa shape index (κ3) is 3.79. The summed E-state index contributed by atoms with van der Waals surface area (Å²) in [4.78, 5) is 0. The quantitative estimate of drug-likeness (QED) is 0.264. The van der Waals surface area contributed by atoms with Crippen LogP contribution in [-0.2, 0) is 14.2 Å². The molecular formula is C12H21FO10. The molecule has 7 N–H and O–H groups in total. The lowest BCUT2D eigenvalue weighted by Gasteiger charge is -2.41. The first kappa shape index (κ1) is 18.9. The van der Waals surface area contributed by atoms with Gasteiger partial charge in [0.25, 0.3) is 0 Å². The van der Waals surface area contributed by atoms with Crippen LogP contribution in [0.3, 0.4) is 0 Å². The van der Waals surface area contributed by atoms with E-state index in [0.717, 1.165) is 0 Å². The van der Waals surface area contributed by atoms with Gasteiger partial charge in [-0.05, 0) is 0 Å². The van der Waals surface area contributed by atoms with Crippen molar-refractivity contribution in [2.75, 3.05) is 13.3 Å². The molecule has 0 aromatic carbocycles. The van der Waals surface area contributed by atoms with Crippen LogP contribution in [0.1, 0.15) is 0 Å². The summed E-state index contributed by atoms with van der Waals surface area (Å²) in [5.41, 5.74) is 0. The molecule has 2 aliphatic heterocycles. The zero-order valence-electron chi connectivity index (χ0n) is 11.9. The number of hydrogen-bond donors (Lipinski definition) is 7. The van der Waals surface area contributed by atoms with Crippen LogP contribution >= 0.6 is 0 Å². The molecule has 0 bridgehead atoms. The van der Waals surface area contributed by atoms with E-state index in [-0.39, 0.29) is 0 Å². The highest BCUT2D eigenvalue weighted by Crippen LogP contribution is 2.25. The van der Waals surface area contributed by atoms with Crippen molar-refractivity contribution in [3.05, 3.63) is 0 Å². The molecule has 11 heteroatoms. The highest BCUT2D eigenvalue weighted by atomic mass is 19.1. The van der Waals surface area contributed by atoms with Gasteiger partial charge in [-0.25, -0.2) is 4.39 Å². The molecule has 0 spiro atoms. The fourth-order valence-electron chi connectivity index (χ4n) is 2.44. The Balaban J connectivity index is 1.94.